The van der Waals surface area contributed by atoms with E-state index in [1.165, 1.54) is 12.3 Å². The lowest BCUT2D eigenvalue weighted by atomic mass is 10.1. The van der Waals surface area contributed by atoms with Gasteiger partial charge in [0.15, 0.2) is 0 Å². The molecule has 0 N–H and O–H groups in total. The summed E-state index contributed by atoms with van der Waals surface area (Å²) in [5, 5.41) is 10.9. The minimum atomic E-state index is -4.47. The van der Waals surface area contributed by atoms with Crippen molar-refractivity contribution in [2.75, 3.05) is 24.6 Å². The second kappa shape index (κ2) is 10.2. The Hall–Kier alpha value is -3.87. The van der Waals surface area contributed by atoms with E-state index < -0.39 is 16.8 Å². The fraction of sp³-hybridized carbons (Fsp3) is 0.417. The van der Waals surface area contributed by atoms with Gasteiger partial charge in [-0.15, -0.1) is 0 Å². The molecule has 0 saturated carbocycles. The quantitative estimate of drug-likeness (QED) is 0.337. The number of nitrogens with zero attached hydrogens (tertiary/aromatic N) is 5. The van der Waals surface area contributed by atoms with Crippen LogP contribution in [-0.2, 0) is 24.1 Å². The Labute approximate surface area is 209 Å². The van der Waals surface area contributed by atoms with Gasteiger partial charge in [-0.05, 0) is 34.8 Å². The van der Waals surface area contributed by atoms with Gasteiger partial charge in [0.1, 0.15) is 36.5 Å². The number of aromatic nitrogens is 3. The van der Waals surface area contributed by atoms with Crippen LogP contribution < -0.4 is 14.4 Å². The first kappa shape index (κ1) is 24.8. The lowest BCUT2D eigenvalue weighted by Crippen LogP contribution is -2.38. The van der Waals surface area contributed by atoms with E-state index in [9.17, 15) is 23.3 Å². The van der Waals surface area contributed by atoms with Gasteiger partial charge in [-0.2, -0.15) is 13.2 Å². The minimum absolute atomic E-state index is 0.0855. The van der Waals surface area contributed by atoms with Crippen molar-refractivity contribution in [3.05, 3.63) is 70.2 Å². The number of hydrogen-bond donors (Lipinski definition) is 0. The van der Waals surface area contributed by atoms with Crippen molar-refractivity contribution in [1.29, 1.82) is 0 Å². The van der Waals surface area contributed by atoms with E-state index in [0.717, 1.165) is 49.4 Å². The van der Waals surface area contributed by atoms with Crippen molar-refractivity contribution in [3.8, 4) is 11.8 Å². The third kappa shape index (κ3) is 5.93. The first-order chi connectivity index (χ1) is 17.7. The zero-order chi connectivity index (χ0) is 26.0. The van der Waals surface area contributed by atoms with Crippen molar-refractivity contribution < 1.29 is 32.3 Å². The average Bonchev–Trinajstić information content (AvgIpc) is 3.32. The van der Waals surface area contributed by atoms with Crippen LogP contribution in [-0.4, -0.2) is 51.4 Å². The molecule has 10 nitrogen and oxygen atoms in total. The van der Waals surface area contributed by atoms with E-state index in [1.54, 1.807) is 4.57 Å². The molecule has 3 aromatic rings. The van der Waals surface area contributed by atoms with Gasteiger partial charge >= 0.3 is 18.0 Å². The fourth-order valence-corrected chi connectivity index (χ4v) is 4.32. The van der Waals surface area contributed by atoms with Crippen molar-refractivity contribution in [3.63, 3.8) is 0 Å². The summed E-state index contributed by atoms with van der Waals surface area (Å²) in [4.78, 5) is 19.8. The molecule has 0 bridgehead atoms. The molecule has 0 unspecified atom stereocenters. The highest BCUT2D eigenvalue weighted by Gasteiger charge is 2.32. The molecular formula is C24H24F3N5O5. The molecule has 13 heteroatoms. The molecule has 1 saturated heterocycles. The van der Waals surface area contributed by atoms with Crippen LogP contribution in [0.2, 0.25) is 0 Å². The summed E-state index contributed by atoms with van der Waals surface area (Å²) in [6, 6.07) is 10.5. The van der Waals surface area contributed by atoms with Crippen molar-refractivity contribution in [1.82, 2.24) is 14.5 Å². The summed E-state index contributed by atoms with van der Waals surface area (Å²) in [5.41, 5.74) is 1.11. The molecule has 196 valence electrons. The van der Waals surface area contributed by atoms with E-state index in [2.05, 4.69) is 14.9 Å². The van der Waals surface area contributed by atoms with Gasteiger partial charge in [-0.3, -0.25) is 4.57 Å². The third-order valence-corrected chi connectivity index (χ3v) is 6.27. The van der Waals surface area contributed by atoms with Crippen LogP contribution in [0.25, 0.3) is 0 Å². The molecule has 2 aromatic heterocycles. The third-order valence-electron chi connectivity index (χ3n) is 6.27. The molecule has 0 radical (unpaired) electrons. The number of nitro groups is 1. The average molecular weight is 519 g/mol. The highest BCUT2D eigenvalue weighted by Crippen LogP contribution is 2.29. The van der Waals surface area contributed by atoms with Gasteiger partial charge in [-0.25, -0.2) is 4.98 Å². The van der Waals surface area contributed by atoms with Gasteiger partial charge in [0.05, 0.1) is 19.3 Å². The van der Waals surface area contributed by atoms with Gasteiger partial charge in [0.2, 0.25) is 0 Å². The first-order valence-electron chi connectivity index (χ1n) is 11.7. The number of fused-ring (bicyclic) bond motifs is 1. The number of alkyl halides is 3. The number of benzene rings is 1. The maximum absolute atomic E-state index is 12.7. The lowest BCUT2D eigenvalue weighted by molar-refractivity contribution is -0.389. The molecule has 1 atom stereocenters. The zero-order valence-electron chi connectivity index (χ0n) is 19.6. The zero-order valence-corrected chi connectivity index (χ0v) is 19.6. The van der Waals surface area contributed by atoms with E-state index in [1.807, 2.05) is 24.3 Å². The van der Waals surface area contributed by atoms with Gasteiger partial charge in [0, 0.05) is 36.6 Å². The minimum Gasteiger partial charge on any atom is -0.489 e. The van der Waals surface area contributed by atoms with Gasteiger partial charge < -0.3 is 29.2 Å². The normalized spacial score (nSPS) is 18.2. The van der Waals surface area contributed by atoms with E-state index in [-0.39, 0.29) is 30.6 Å². The summed E-state index contributed by atoms with van der Waals surface area (Å²) < 4.78 is 56.8. The molecular weight excluding hydrogens is 495 g/mol. The Bertz CT molecular complexity index is 1230. The second-order valence-electron chi connectivity index (χ2n) is 8.88. The summed E-state index contributed by atoms with van der Waals surface area (Å²) >= 11 is 0. The molecule has 2 aliphatic rings. The highest BCUT2D eigenvalue weighted by molar-refractivity contribution is 5.48. The fourth-order valence-electron chi connectivity index (χ4n) is 4.32. The smallest absolute Gasteiger partial charge is 0.433 e. The topological polar surface area (TPSA) is 105 Å². The van der Waals surface area contributed by atoms with Crippen LogP contribution in [0.4, 0.5) is 24.7 Å². The standard InChI is InChI=1S/C24H24F3N5O5/c25-24(26,27)21-6-5-19(11-28-21)37-18-7-9-30(10-8-18)17-3-1-16(2-4-17)14-35-20-12-31-13-22(32(33)34)29-23(31)36-15-20/h1-6,11,13,18,20H,7-10,12,14-15H2/t20-/m0/s1. The number of piperidine rings is 1. The summed E-state index contributed by atoms with van der Waals surface area (Å²) in [6.07, 6.45) is -0.866. The Morgan fingerprint density at radius 2 is 1.86 bits per heavy atom. The molecule has 0 amide bonds. The highest BCUT2D eigenvalue weighted by atomic mass is 19.4. The van der Waals surface area contributed by atoms with Crippen molar-refractivity contribution >= 4 is 11.5 Å². The number of ether oxygens (including phenoxy) is 3. The predicted molar refractivity (Wildman–Crippen MR) is 124 cm³/mol. The number of rotatable bonds is 7. The van der Waals surface area contributed by atoms with Gasteiger partial charge in [0.25, 0.3) is 0 Å². The second-order valence-corrected chi connectivity index (χ2v) is 8.88. The molecule has 0 aliphatic carbocycles. The van der Waals surface area contributed by atoms with E-state index in [4.69, 9.17) is 14.2 Å². The predicted octanol–water partition coefficient (Wildman–Crippen LogP) is 4.23. The molecule has 2 aliphatic heterocycles. The maximum Gasteiger partial charge on any atom is 0.433 e. The van der Waals surface area contributed by atoms with Crippen LogP contribution in [0.15, 0.2) is 48.8 Å². The number of hydrogen-bond acceptors (Lipinski definition) is 8. The molecule has 5 rings (SSSR count). The Balaban J connectivity index is 1.07. The molecule has 0 spiro atoms. The number of imidazole rings is 1. The van der Waals surface area contributed by atoms with Crippen LogP contribution in [0.1, 0.15) is 24.1 Å². The monoisotopic (exact) mass is 519 g/mol. The Morgan fingerprint density at radius 1 is 1.11 bits per heavy atom. The van der Waals surface area contributed by atoms with Crippen LogP contribution in [0.3, 0.4) is 0 Å². The van der Waals surface area contributed by atoms with E-state index >= 15 is 0 Å². The van der Waals surface area contributed by atoms with E-state index in [0.29, 0.717) is 18.9 Å². The van der Waals surface area contributed by atoms with Gasteiger partial charge in [-0.1, -0.05) is 12.1 Å². The van der Waals surface area contributed by atoms with Crippen LogP contribution in [0.5, 0.6) is 11.8 Å². The number of halogens is 3. The Morgan fingerprint density at radius 3 is 2.51 bits per heavy atom. The molecule has 4 heterocycles. The number of pyridine rings is 1. The maximum atomic E-state index is 12.7. The first-order valence-corrected chi connectivity index (χ1v) is 11.7. The summed E-state index contributed by atoms with van der Waals surface area (Å²) in [7, 11) is 0. The summed E-state index contributed by atoms with van der Waals surface area (Å²) in [5.74, 6) is 0.0834. The Kier molecular flexibility index (Phi) is 6.87. The SMILES string of the molecule is O=[N+]([O-])c1cn2c(n1)OC[C@@H](OCc1ccc(N3CCC(Oc4ccc(C(F)(F)F)nc4)CC3)cc1)C2. The van der Waals surface area contributed by atoms with Crippen molar-refractivity contribution in [2.45, 2.75) is 44.4 Å². The van der Waals surface area contributed by atoms with Crippen LogP contribution in [0, 0.1) is 10.1 Å². The molecule has 37 heavy (non-hydrogen) atoms. The van der Waals surface area contributed by atoms with Crippen LogP contribution >= 0.6 is 0 Å². The van der Waals surface area contributed by atoms with Crippen molar-refractivity contribution in [2.24, 2.45) is 0 Å². The molecule has 1 aromatic carbocycles. The summed E-state index contributed by atoms with van der Waals surface area (Å²) in [6.45, 7) is 2.58. The molecule has 1 fully saturated rings. The number of anilines is 1. The lowest BCUT2D eigenvalue weighted by Gasteiger charge is -2.33. The largest absolute Gasteiger partial charge is 0.489 e.